The Morgan fingerprint density at radius 3 is 1.83 bits per heavy atom. The van der Waals surface area contributed by atoms with Crippen LogP contribution in [0.15, 0.2) is 0 Å². The van der Waals surface area contributed by atoms with E-state index in [0.29, 0.717) is 0 Å². The summed E-state index contributed by atoms with van der Waals surface area (Å²) in [5, 5.41) is 7.94. The lowest BCUT2D eigenvalue weighted by Crippen LogP contribution is -2.16. The van der Waals surface area contributed by atoms with Crippen molar-refractivity contribution in [2.24, 2.45) is 11.8 Å². The molecule has 0 aromatic rings. The fourth-order valence-corrected chi connectivity index (χ4v) is 1.04. The minimum absolute atomic E-state index is 2.11. The first-order valence-corrected chi connectivity index (χ1v) is 2.86. The van der Waals surface area contributed by atoms with Gasteiger partial charge in [0, 0.05) is 0 Å². The Hall–Kier alpha value is -0.880. The van der Waals surface area contributed by atoms with Crippen molar-refractivity contribution in [3.8, 4) is 0 Å². The second-order valence-electron chi connectivity index (χ2n) is 2.51. The number of rotatable bonds is 1. The van der Waals surface area contributed by atoms with Gasteiger partial charge in [-0.2, -0.15) is 13.2 Å². The first-order chi connectivity index (χ1) is 5.19. The average molecular weight is 190 g/mol. The predicted octanol–water partition coefficient (Wildman–Crippen LogP) is 1.51. The highest BCUT2D eigenvalue weighted by Gasteiger charge is 2.82. The molecule has 0 spiro atoms. The molecule has 2 unspecified atom stereocenters. The molecule has 1 aliphatic rings. The molecule has 70 valence electrons. The number of carbonyl (C=O) groups is 1. The minimum atomic E-state index is -5.13. The van der Waals surface area contributed by atoms with Crippen molar-refractivity contribution in [2.45, 2.75) is 12.1 Å². The van der Waals surface area contributed by atoms with Crippen LogP contribution in [0.4, 0.5) is 22.0 Å². The highest BCUT2D eigenvalue weighted by Crippen LogP contribution is 2.62. The Balaban J connectivity index is 2.80. The van der Waals surface area contributed by atoms with Gasteiger partial charge in [-0.15, -0.1) is 0 Å². The predicted molar refractivity (Wildman–Crippen MR) is 25.6 cm³/mol. The quantitative estimate of drug-likeness (QED) is 0.636. The number of carboxylic acid groups (broad SMARTS) is 1. The average Bonchev–Trinajstić information content (AvgIpc) is 2.31. The number of hydrogen-bond acceptors (Lipinski definition) is 1. The maximum absolute atomic E-state index is 12.1. The highest BCUT2D eigenvalue weighted by atomic mass is 19.4. The van der Waals surface area contributed by atoms with Crippen LogP contribution in [0.2, 0.25) is 0 Å². The maximum atomic E-state index is 12.1. The molecule has 0 aliphatic heterocycles. The summed E-state index contributed by atoms with van der Waals surface area (Å²) in [6.45, 7) is 0. The maximum Gasteiger partial charge on any atom is 0.398 e. The van der Waals surface area contributed by atoms with E-state index in [2.05, 4.69) is 0 Å². The molecular formula is C5H3F5O2. The van der Waals surface area contributed by atoms with Crippen molar-refractivity contribution in [3.63, 3.8) is 0 Å². The third kappa shape index (κ3) is 1.12. The number of alkyl halides is 5. The Labute approximate surface area is 63.0 Å². The zero-order chi connectivity index (χ0) is 9.73. The molecule has 1 N–H and O–H groups in total. The topological polar surface area (TPSA) is 37.3 Å². The molecule has 1 rings (SSSR count). The smallest absolute Gasteiger partial charge is 0.398 e. The molecule has 1 saturated carbocycles. The van der Waals surface area contributed by atoms with Gasteiger partial charge in [0.2, 0.25) is 0 Å². The van der Waals surface area contributed by atoms with Crippen LogP contribution in [0.1, 0.15) is 0 Å². The van der Waals surface area contributed by atoms with Crippen molar-refractivity contribution in [1.29, 1.82) is 0 Å². The summed E-state index contributed by atoms with van der Waals surface area (Å²) in [5.74, 6) is -11.9. The third-order valence-electron chi connectivity index (χ3n) is 1.67. The van der Waals surface area contributed by atoms with Gasteiger partial charge in [-0.1, -0.05) is 0 Å². The standard InChI is InChI=1S/C5H3F5O2/c6-4(7)1(3(11)12)2(4)5(8,9)10/h1-2H,(H,11,12). The van der Waals surface area contributed by atoms with Gasteiger partial charge in [0.05, 0.1) is 0 Å². The summed E-state index contributed by atoms with van der Waals surface area (Å²) in [6.07, 6.45) is -5.13. The molecule has 0 aromatic carbocycles. The van der Waals surface area contributed by atoms with Crippen LogP contribution in [0, 0.1) is 11.8 Å². The van der Waals surface area contributed by atoms with Crippen LogP contribution in [-0.2, 0) is 4.79 Å². The number of aliphatic carboxylic acids is 1. The summed E-state index contributed by atoms with van der Waals surface area (Å²) in [4.78, 5) is 9.85. The van der Waals surface area contributed by atoms with Crippen LogP contribution in [-0.4, -0.2) is 23.2 Å². The van der Waals surface area contributed by atoms with E-state index in [4.69, 9.17) is 5.11 Å². The van der Waals surface area contributed by atoms with Crippen LogP contribution < -0.4 is 0 Å². The number of carboxylic acids is 1. The summed E-state index contributed by atoms with van der Waals surface area (Å²) >= 11 is 0. The van der Waals surface area contributed by atoms with Crippen molar-refractivity contribution < 1.29 is 31.9 Å². The molecular weight excluding hydrogens is 187 g/mol. The monoisotopic (exact) mass is 190 g/mol. The van der Waals surface area contributed by atoms with Gasteiger partial charge in [-0.3, -0.25) is 4.79 Å². The number of halogens is 5. The van der Waals surface area contributed by atoms with Crippen LogP contribution in [0.5, 0.6) is 0 Å². The second-order valence-corrected chi connectivity index (χ2v) is 2.51. The van der Waals surface area contributed by atoms with Gasteiger partial charge in [0.25, 0.3) is 5.92 Å². The summed E-state index contributed by atoms with van der Waals surface area (Å²) in [6, 6.07) is 0. The van der Waals surface area contributed by atoms with Gasteiger partial charge in [-0.25, -0.2) is 8.78 Å². The Morgan fingerprint density at radius 1 is 1.33 bits per heavy atom. The molecule has 0 heterocycles. The van der Waals surface area contributed by atoms with E-state index >= 15 is 0 Å². The van der Waals surface area contributed by atoms with E-state index < -0.39 is 29.9 Å². The van der Waals surface area contributed by atoms with Crippen LogP contribution in [0.25, 0.3) is 0 Å². The third-order valence-corrected chi connectivity index (χ3v) is 1.67. The van der Waals surface area contributed by atoms with Crippen LogP contribution in [0.3, 0.4) is 0 Å². The lowest BCUT2D eigenvalue weighted by atomic mass is 10.3. The van der Waals surface area contributed by atoms with Crippen molar-refractivity contribution >= 4 is 5.97 Å². The number of hydrogen-bond donors (Lipinski definition) is 1. The van der Waals surface area contributed by atoms with Gasteiger partial charge in [0.15, 0.2) is 0 Å². The first kappa shape index (κ1) is 9.21. The van der Waals surface area contributed by atoms with E-state index in [1.54, 1.807) is 0 Å². The Morgan fingerprint density at radius 2 is 1.75 bits per heavy atom. The normalized spacial score (nSPS) is 33.1. The Kier molecular flexibility index (Phi) is 1.60. The molecule has 1 fully saturated rings. The highest BCUT2D eigenvalue weighted by molar-refractivity contribution is 5.76. The lowest BCUT2D eigenvalue weighted by Gasteiger charge is -2.01. The second kappa shape index (κ2) is 2.08. The summed E-state index contributed by atoms with van der Waals surface area (Å²) < 4.78 is 59.0. The van der Waals surface area contributed by atoms with Gasteiger partial charge in [-0.05, 0) is 0 Å². The fraction of sp³-hybridized carbons (Fsp3) is 0.800. The SMILES string of the molecule is O=C(O)C1C(C(F)(F)F)C1(F)F. The molecule has 7 heteroatoms. The Bertz CT molecular complexity index is 220. The molecule has 12 heavy (non-hydrogen) atoms. The largest absolute Gasteiger partial charge is 0.481 e. The molecule has 1 aliphatic carbocycles. The molecule has 2 atom stereocenters. The summed E-state index contributed by atoms with van der Waals surface area (Å²) in [7, 11) is 0. The van der Waals surface area contributed by atoms with Gasteiger partial charge >= 0.3 is 12.1 Å². The fourth-order valence-electron chi connectivity index (χ4n) is 1.04. The zero-order valence-corrected chi connectivity index (χ0v) is 5.40. The van der Waals surface area contributed by atoms with Crippen molar-refractivity contribution in [1.82, 2.24) is 0 Å². The lowest BCUT2D eigenvalue weighted by molar-refractivity contribution is -0.170. The van der Waals surface area contributed by atoms with E-state index in [0.717, 1.165) is 0 Å². The van der Waals surface area contributed by atoms with E-state index in [1.807, 2.05) is 0 Å². The molecule has 0 aromatic heterocycles. The van der Waals surface area contributed by atoms with Gasteiger partial charge in [0.1, 0.15) is 11.8 Å². The summed E-state index contributed by atoms with van der Waals surface area (Å²) in [5.41, 5.74) is 0. The van der Waals surface area contributed by atoms with Crippen molar-refractivity contribution in [3.05, 3.63) is 0 Å². The van der Waals surface area contributed by atoms with Gasteiger partial charge < -0.3 is 5.11 Å². The minimum Gasteiger partial charge on any atom is -0.481 e. The van der Waals surface area contributed by atoms with Crippen molar-refractivity contribution in [2.75, 3.05) is 0 Å². The molecule has 2 nitrogen and oxygen atoms in total. The molecule has 0 amide bonds. The van der Waals surface area contributed by atoms with E-state index in [1.165, 1.54) is 0 Å². The molecule has 0 saturated heterocycles. The molecule has 0 bridgehead atoms. The first-order valence-electron chi connectivity index (χ1n) is 2.86. The van der Waals surface area contributed by atoms with Crippen LogP contribution >= 0.6 is 0 Å². The molecule has 0 radical (unpaired) electrons. The van der Waals surface area contributed by atoms with E-state index in [-0.39, 0.29) is 0 Å². The zero-order valence-electron chi connectivity index (χ0n) is 5.40. The van der Waals surface area contributed by atoms with E-state index in [9.17, 15) is 26.7 Å².